The number of ether oxygens (including phenoxy) is 2. The molecule has 3 aromatic rings. The highest BCUT2D eigenvalue weighted by molar-refractivity contribution is 6.76. The lowest BCUT2D eigenvalue weighted by Crippen LogP contribution is -2.97. The van der Waals surface area contributed by atoms with E-state index in [9.17, 15) is 24.0 Å². The minimum Gasteiger partial charge on any atom is -0.543 e. The molecular formula is C42H59BN6O10. The molecule has 3 aromatic carbocycles. The second kappa shape index (κ2) is 18.2. The number of rotatable bonds is 18. The molecule has 0 unspecified atom stereocenters. The summed E-state index contributed by atoms with van der Waals surface area (Å²) >= 11 is 0. The van der Waals surface area contributed by atoms with Gasteiger partial charge in [0.15, 0.2) is 5.54 Å². The molecule has 5 amide bonds. The number of carbonyl (C=O) groups is 5. The van der Waals surface area contributed by atoms with Crippen molar-refractivity contribution in [1.82, 2.24) is 21.3 Å². The first kappa shape index (κ1) is 46.2. The summed E-state index contributed by atoms with van der Waals surface area (Å²) in [5.41, 5.74) is 2.54. The van der Waals surface area contributed by atoms with Crippen LogP contribution in [0.2, 0.25) is 0 Å². The molecule has 1 aliphatic heterocycles. The van der Waals surface area contributed by atoms with Crippen molar-refractivity contribution < 1.29 is 52.7 Å². The Kier molecular flexibility index (Phi) is 14.3. The first-order valence-electron chi connectivity index (χ1n) is 19.3. The highest BCUT2D eigenvalue weighted by Crippen LogP contribution is 2.49. The van der Waals surface area contributed by atoms with E-state index < -0.39 is 77.2 Å². The van der Waals surface area contributed by atoms with Gasteiger partial charge in [-0.15, -0.1) is 5.46 Å². The van der Waals surface area contributed by atoms with Gasteiger partial charge in [-0.2, -0.15) is 0 Å². The van der Waals surface area contributed by atoms with E-state index in [1.165, 1.54) is 48.7 Å². The first-order chi connectivity index (χ1) is 27.5. The number of hydrogen-bond donors (Lipinski definition) is 6. The van der Waals surface area contributed by atoms with E-state index in [2.05, 4.69) is 21.3 Å². The smallest absolute Gasteiger partial charge is 0.410 e. The summed E-state index contributed by atoms with van der Waals surface area (Å²) in [6, 6.07) is 22.7. The number of benzene rings is 3. The van der Waals surface area contributed by atoms with Gasteiger partial charge in [0.2, 0.25) is 23.6 Å². The van der Waals surface area contributed by atoms with Crippen molar-refractivity contribution in [2.75, 3.05) is 27.9 Å². The van der Waals surface area contributed by atoms with E-state index in [0.29, 0.717) is 17.0 Å². The van der Waals surface area contributed by atoms with Gasteiger partial charge in [0.1, 0.15) is 28.1 Å². The SMILES string of the molecule is COc1ccccc1[C@@H]1O[B-](OC)(c2ccccc2C[NH2+]C(C)(C)C(=O)NC(C)(C)C(=O)NC(C)(C)C(=O)NC(C)(C)C(=O)NCC(N)=O)O[C@H]1c1ccccc1OC. The number of primary amides is 1. The summed E-state index contributed by atoms with van der Waals surface area (Å²) in [5.74, 6) is -1.91. The molecule has 1 heterocycles. The number of methoxy groups -OCH3 is 2. The van der Waals surface area contributed by atoms with Gasteiger partial charge in [0, 0.05) is 11.1 Å². The lowest BCUT2D eigenvalue weighted by molar-refractivity contribution is -0.720. The van der Waals surface area contributed by atoms with Gasteiger partial charge in [-0.1, -0.05) is 60.7 Å². The Bertz CT molecular complexity index is 1980. The third-order valence-corrected chi connectivity index (χ3v) is 10.4. The predicted octanol–water partition coefficient (Wildman–Crippen LogP) is 1.15. The minimum absolute atomic E-state index is 0.289. The fraction of sp³-hybridized carbons (Fsp3) is 0.452. The van der Waals surface area contributed by atoms with Gasteiger partial charge in [-0.05, 0) is 80.2 Å². The van der Waals surface area contributed by atoms with Gasteiger partial charge >= 0.3 is 6.75 Å². The van der Waals surface area contributed by atoms with Crippen LogP contribution in [0.15, 0.2) is 72.8 Å². The van der Waals surface area contributed by atoms with E-state index in [1.54, 1.807) is 28.1 Å². The third-order valence-electron chi connectivity index (χ3n) is 10.4. The van der Waals surface area contributed by atoms with Crippen molar-refractivity contribution in [2.24, 2.45) is 5.73 Å². The lowest BCUT2D eigenvalue weighted by Gasteiger charge is -2.37. The molecule has 0 spiro atoms. The molecule has 0 aromatic heterocycles. The standard InChI is InChI=1S/C42H58BN6O10/c1-39(2,36(52)47-41(5,6)38(54)49-42(7,8)37(53)48-40(3,4)35(51)45-25-32(44)50)46-24-26-18-12-15-21-29(26)43(57-11)58-33(27-19-13-16-22-30(27)55-9)34(59-43)28-20-14-17-23-31(28)56-10/h12-23,33-34,46H,24-25H2,1-11H3,(H2,44,50)(H,45,51)(H,47,52)(H,48,53)(H,49,54)/q-1/p+1/t33-,34-/m0/s1. The summed E-state index contributed by atoms with van der Waals surface area (Å²) in [4.78, 5) is 64.4. The Hall–Kier alpha value is -5.49. The molecule has 1 fully saturated rings. The molecule has 0 bridgehead atoms. The van der Waals surface area contributed by atoms with Gasteiger partial charge < -0.3 is 55.8 Å². The normalized spacial score (nSPS) is 16.7. The van der Waals surface area contributed by atoms with Crippen LogP contribution < -0.4 is 47.3 Å². The number of para-hydroxylation sites is 2. The molecule has 0 radical (unpaired) electrons. The molecule has 1 saturated heterocycles. The zero-order valence-corrected chi connectivity index (χ0v) is 35.8. The van der Waals surface area contributed by atoms with E-state index in [-0.39, 0.29) is 6.54 Å². The van der Waals surface area contributed by atoms with Crippen LogP contribution in [0.1, 0.15) is 84.3 Å². The Morgan fingerprint density at radius 2 is 1.07 bits per heavy atom. The zero-order chi connectivity index (χ0) is 44.0. The van der Waals surface area contributed by atoms with Gasteiger partial charge in [-0.3, -0.25) is 24.0 Å². The van der Waals surface area contributed by atoms with Crippen molar-refractivity contribution in [1.29, 1.82) is 0 Å². The molecule has 8 N–H and O–H groups in total. The van der Waals surface area contributed by atoms with Crippen molar-refractivity contribution in [3.05, 3.63) is 89.5 Å². The van der Waals surface area contributed by atoms with Crippen LogP contribution in [-0.4, -0.2) is 86.3 Å². The molecular weight excluding hydrogens is 759 g/mol. The fourth-order valence-electron chi connectivity index (χ4n) is 6.63. The molecule has 16 nitrogen and oxygen atoms in total. The predicted molar refractivity (Wildman–Crippen MR) is 221 cm³/mol. The molecule has 320 valence electrons. The van der Waals surface area contributed by atoms with Crippen LogP contribution in [0.3, 0.4) is 0 Å². The fourth-order valence-corrected chi connectivity index (χ4v) is 6.63. The number of nitrogens with one attached hydrogen (secondary N) is 4. The summed E-state index contributed by atoms with van der Waals surface area (Å²) in [7, 11) is 4.73. The van der Waals surface area contributed by atoms with E-state index in [4.69, 9.17) is 29.2 Å². The minimum atomic E-state index is -2.59. The molecule has 17 heteroatoms. The summed E-state index contributed by atoms with van der Waals surface area (Å²) in [6.45, 7) is 9.64. The average Bonchev–Trinajstić information content (AvgIpc) is 3.59. The van der Waals surface area contributed by atoms with Crippen LogP contribution in [0, 0.1) is 0 Å². The maximum atomic E-state index is 13.9. The maximum absolute atomic E-state index is 13.9. The molecule has 1 aliphatic rings. The number of quaternary nitrogens is 1. The zero-order valence-electron chi connectivity index (χ0n) is 35.8. The van der Waals surface area contributed by atoms with Crippen LogP contribution in [0.4, 0.5) is 0 Å². The van der Waals surface area contributed by atoms with Gasteiger partial charge in [0.05, 0.1) is 39.5 Å². The highest BCUT2D eigenvalue weighted by Gasteiger charge is 2.49. The van der Waals surface area contributed by atoms with Crippen molar-refractivity contribution in [3.63, 3.8) is 0 Å². The van der Waals surface area contributed by atoms with Crippen molar-refractivity contribution in [3.8, 4) is 11.5 Å². The summed E-state index contributed by atoms with van der Waals surface area (Å²) in [6.07, 6.45) is -1.32. The quantitative estimate of drug-likeness (QED) is 0.101. The third kappa shape index (κ3) is 10.6. The Morgan fingerprint density at radius 1 is 0.644 bits per heavy atom. The maximum Gasteiger partial charge on any atom is 0.410 e. The summed E-state index contributed by atoms with van der Waals surface area (Å²) in [5, 5.41) is 12.3. The number of nitrogens with two attached hydrogens (primary N) is 2. The summed E-state index contributed by atoms with van der Waals surface area (Å²) < 4.78 is 31.4. The Labute approximate surface area is 346 Å². The number of amides is 5. The topological polar surface area (TPSA) is 222 Å². The average molecular weight is 819 g/mol. The number of hydrogen-bond acceptors (Lipinski definition) is 10. The van der Waals surface area contributed by atoms with Crippen LogP contribution in [0.5, 0.6) is 11.5 Å². The highest BCUT2D eigenvalue weighted by atomic mass is 16.8. The van der Waals surface area contributed by atoms with Crippen LogP contribution >= 0.6 is 0 Å². The second-order valence-electron chi connectivity index (χ2n) is 16.7. The van der Waals surface area contributed by atoms with E-state index in [0.717, 1.165) is 16.7 Å². The van der Waals surface area contributed by atoms with Gasteiger partial charge in [-0.25, -0.2) is 0 Å². The van der Waals surface area contributed by atoms with Crippen molar-refractivity contribution >= 4 is 41.8 Å². The largest absolute Gasteiger partial charge is 0.543 e. The number of carbonyl (C=O) groups excluding carboxylic acids is 5. The molecule has 0 aliphatic carbocycles. The first-order valence-corrected chi connectivity index (χ1v) is 19.3. The second-order valence-corrected chi connectivity index (χ2v) is 16.7. The van der Waals surface area contributed by atoms with Gasteiger partial charge in [0.25, 0.3) is 5.91 Å². The molecule has 59 heavy (non-hydrogen) atoms. The Balaban J connectivity index is 1.52. The van der Waals surface area contributed by atoms with Crippen LogP contribution in [0.25, 0.3) is 0 Å². The molecule has 0 saturated carbocycles. The van der Waals surface area contributed by atoms with E-state index in [1.807, 2.05) is 78.1 Å². The lowest BCUT2D eigenvalue weighted by atomic mass is 9.67. The van der Waals surface area contributed by atoms with Crippen LogP contribution in [-0.2, 0) is 44.5 Å². The van der Waals surface area contributed by atoms with Crippen molar-refractivity contribution in [2.45, 2.75) is 96.3 Å². The monoisotopic (exact) mass is 818 g/mol. The molecule has 4 rings (SSSR count). The van der Waals surface area contributed by atoms with E-state index >= 15 is 0 Å². The molecule has 2 atom stereocenters. The Morgan fingerprint density at radius 3 is 1.53 bits per heavy atom.